The van der Waals surface area contributed by atoms with E-state index in [-0.39, 0.29) is 0 Å². The van der Waals surface area contributed by atoms with Gasteiger partial charge in [0.25, 0.3) is 0 Å². The van der Waals surface area contributed by atoms with Gasteiger partial charge in [-0.3, -0.25) is 4.98 Å². The number of aliphatic hydroxyl groups is 1. The van der Waals surface area contributed by atoms with E-state index in [0.29, 0.717) is 16.3 Å². The van der Waals surface area contributed by atoms with Crippen LogP contribution in [-0.4, -0.2) is 10.1 Å². The van der Waals surface area contributed by atoms with Gasteiger partial charge in [0, 0.05) is 22.2 Å². The Hall–Kier alpha value is -1.90. The standard InChI is InChI=1S/C16H12ClNO/c17-14-8-4-3-7-13(14)16(19)15-12-6-2-1-5-11(12)9-10-18-15/h1-10,16,19H/t16-/m1/s1. The molecule has 0 amide bonds. The van der Waals surface area contributed by atoms with E-state index in [2.05, 4.69) is 4.98 Å². The minimum atomic E-state index is -0.820. The lowest BCUT2D eigenvalue weighted by atomic mass is 10.0. The second-order valence-corrected chi connectivity index (χ2v) is 4.75. The molecule has 0 spiro atoms. The average Bonchev–Trinajstić information content (AvgIpc) is 2.46. The molecule has 3 heteroatoms. The highest BCUT2D eigenvalue weighted by Gasteiger charge is 2.17. The first kappa shape index (κ1) is 12.2. The van der Waals surface area contributed by atoms with Crippen LogP contribution in [0.2, 0.25) is 5.02 Å². The van der Waals surface area contributed by atoms with Crippen molar-refractivity contribution in [1.29, 1.82) is 0 Å². The van der Waals surface area contributed by atoms with E-state index in [1.807, 2.05) is 48.5 Å². The van der Waals surface area contributed by atoms with E-state index in [1.165, 1.54) is 0 Å². The molecule has 0 fully saturated rings. The number of nitrogens with zero attached hydrogens (tertiary/aromatic N) is 1. The maximum Gasteiger partial charge on any atom is 0.123 e. The maximum absolute atomic E-state index is 10.5. The SMILES string of the molecule is O[C@H](c1ccccc1Cl)c1nccc2ccccc12. The fraction of sp³-hybridized carbons (Fsp3) is 0.0625. The summed E-state index contributed by atoms with van der Waals surface area (Å²) in [7, 11) is 0. The van der Waals surface area contributed by atoms with Gasteiger partial charge in [0.05, 0.1) is 5.69 Å². The number of benzene rings is 2. The van der Waals surface area contributed by atoms with Gasteiger partial charge in [-0.05, 0) is 17.5 Å². The minimum absolute atomic E-state index is 0.546. The zero-order valence-corrected chi connectivity index (χ0v) is 10.9. The Bertz CT molecular complexity index is 721. The highest BCUT2D eigenvalue weighted by molar-refractivity contribution is 6.31. The van der Waals surface area contributed by atoms with E-state index in [4.69, 9.17) is 11.6 Å². The molecule has 0 saturated carbocycles. The van der Waals surface area contributed by atoms with Crippen LogP contribution in [0.4, 0.5) is 0 Å². The lowest BCUT2D eigenvalue weighted by molar-refractivity contribution is 0.217. The van der Waals surface area contributed by atoms with E-state index in [9.17, 15) is 5.11 Å². The molecule has 0 aliphatic rings. The summed E-state index contributed by atoms with van der Waals surface area (Å²) in [6, 6.07) is 17.1. The first-order valence-electron chi connectivity index (χ1n) is 6.03. The molecule has 1 aromatic heterocycles. The second-order valence-electron chi connectivity index (χ2n) is 4.34. The quantitative estimate of drug-likeness (QED) is 0.764. The number of pyridine rings is 1. The van der Waals surface area contributed by atoms with Crippen LogP contribution in [0.3, 0.4) is 0 Å². The van der Waals surface area contributed by atoms with Gasteiger partial charge >= 0.3 is 0 Å². The van der Waals surface area contributed by atoms with Gasteiger partial charge in [-0.1, -0.05) is 54.1 Å². The van der Waals surface area contributed by atoms with Crippen LogP contribution < -0.4 is 0 Å². The Labute approximate surface area is 116 Å². The van der Waals surface area contributed by atoms with Crippen LogP contribution >= 0.6 is 11.6 Å². The van der Waals surface area contributed by atoms with Crippen molar-refractivity contribution in [2.45, 2.75) is 6.10 Å². The normalized spacial score (nSPS) is 12.5. The van der Waals surface area contributed by atoms with Gasteiger partial charge in [0.2, 0.25) is 0 Å². The summed E-state index contributed by atoms with van der Waals surface area (Å²) < 4.78 is 0. The fourth-order valence-corrected chi connectivity index (χ4v) is 2.44. The molecule has 0 radical (unpaired) electrons. The van der Waals surface area contributed by atoms with E-state index < -0.39 is 6.10 Å². The molecule has 0 aliphatic heterocycles. The van der Waals surface area contributed by atoms with Crippen molar-refractivity contribution in [1.82, 2.24) is 4.98 Å². The summed E-state index contributed by atoms with van der Waals surface area (Å²) in [6.07, 6.45) is 0.886. The summed E-state index contributed by atoms with van der Waals surface area (Å²) in [5.74, 6) is 0. The van der Waals surface area contributed by atoms with Crippen molar-refractivity contribution < 1.29 is 5.11 Å². The van der Waals surface area contributed by atoms with Gasteiger partial charge in [0.1, 0.15) is 6.10 Å². The highest BCUT2D eigenvalue weighted by atomic mass is 35.5. The number of rotatable bonds is 2. The van der Waals surface area contributed by atoms with Gasteiger partial charge in [-0.15, -0.1) is 0 Å². The molecule has 0 saturated heterocycles. The molecular formula is C16H12ClNO. The molecule has 3 rings (SSSR count). The summed E-state index contributed by atoms with van der Waals surface area (Å²) in [5, 5.41) is 13.1. The minimum Gasteiger partial charge on any atom is -0.382 e. The highest BCUT2D eigenvalue weighted by Crippen LogP contribution is 2.30. The topological polar surface area (TPSA) is 33.1 Å². The molecule has 0 aliphatic carbocycles. The number of aromatic nitrogens is 1. The van der Waals surface area contributed by atoms with Crippen molar-refractivity contribution in [2.24, 2.45) is 0 Å². The Balaban J connectivity index is 2.17. The number of fused-ring (bicyclic) bond motifs is 1. The molecule has 1 atom stereocenters. The first-order chi connectivity index (χ1) is 9.27. The van der Waals surface area contributed by atoms with Gasteiger partial charge < -0.3 is 5.11 Å². The Morgan fingerprint density at radius 3 is 2.53 bits per heavy atom. The molecule has 0 bridgehead atoms. The predicted molar refractivity (Wildman–Crippen MR) is 77.3 cm³/mol. The van der Waals surface area contributed by atoms with E-state index in [1.54, 1.807) is 12.3 Å². The van der Waals surface area contributed by atoms with Gasteiger partial charge in [0.15, 0.2) is 0 Å². The summed E-state index contributed by atoms with van der Waals surface area (Å²) >= 11 is 6.13. The molecular weight excluding hydrogens is 258 g/mol. The Morgan fingerprint density at radius 2 is 1.68 bits per heavy atom. The van der Waals surface area contributed by atoms with Crippen LogP contribution in [0, 0.1) is 0 Å². The van der Waals surface area contributed by atoms with E-state index >= 15 is 0 Å². The molecule has 1 heterocycles. The molecule has 94 valence electrons. The predicted octanol–water partition coefficient (Wildman–Crippen LogP) is 3.97. The molecule has 2 aromatic carbocycles. The molecule has 19 heavy (non-hydrogen) atoms. The largest absolute Gasteiger partial charge is 0.382 e. The van der Waals surface area contributed by atoms with Crippen molar-refractivity contribution in [2.75, 3.05) is 0 Å². The third-order valence-electron chi connectivity index (χ3n) is 3.16. The van der Waals surface area contributed by atoms with Crippen LogP contribution in [0.5, 0.6) is 0 Å². The second kappa shape index (κ2) is 5.00. The van der Waals surface area contributed by atoms with Crippen LogP contribution in [-0.2, 0) is 0 Å². The monoisotopic (exact) mass is 269 g/mol. The average molecular weight is 270 g/mol. The van der Waals surface area contributed by atoms with Crippen molar-refractivity contribution in [3.05, 3.63) is 77.1 Å². The molecule has 3 aromatic rings. The Kier molecular flexibility index (Phi) is 3.20. The zero-order valence-electron chi connectivity index (χ0n) is 10.1. The fourth-order valence-electron chi connectivity index (χ4n) is 2.21. The summed E-state index contributed by atoms with van der Waals surface area (Å²) in [5.41, 5.74) is 1.30. The van der Waals surface area contributed by atoms with Crippen LogP contribution in [0.1, 0.15) is 17.4 Å². The number of halogens is 1. The van der Waals surface area contributed by atoms with Gasteiger partial charge in [-0.25, -0.2) is 0 Å². The summed E-state index contributed by atoms with van der Waals surface area (Å²) in [4.78, 5) is 4.32. The lowest BCUT2D eigenvalue weighted by Crippen LogP contribution is -2.03. The maximum atomic E-state index is 10.5. The first-order valence-corrected chi connectivity index (χ1v) is 6.41. The van der Waals surface area contributed by atoms with Gasteiger partial charge in [-0.2, -0.15) is 0 Å². The van der Waals surface area contributed by atoms with Crippen molar-refractivity contribution in [3.63, 3.8) is 0 Å². The Morgan fingerprint density at radius 1 is 0.947 bits per heavy atom. The number of hydrogen-bond acceptors (Lipinski definition) is 2. The molecule has 0 unspecified atom stereocenters. The van der Waals surface area contributed by atoms with Crippen LogP contribution in [0.15, 0.2) is 60.8 Å². The zero-order chi connectivity index (χ0) is 13.2. The molecule has 2 nitrogen and oxygen atoms in total. The van der Waals surface area contributed by atoms with Crippen LogP contribution in [0.25, 0.3) is 10.8 Å². The van der Waals surface area contributed by atoms with Crippen molar-refractivity contribution >= 4 is 22.4 Å². The smallest absolute Gasteiger partial charge is 0.123 e. The number of hydrogen-bond donors (Lipinski definition) is 1. The third-order valence-corrected chi connectivity index (χ3v) is 3.51. The molecule has 1 N–H and O–H groups in total. The third kappa shape index (κ3) is 2.21. The van der Waals surface area contributed by atoms with Crippen molar-refractivity contribution in [3.8, 4) is 0 Å². The van der Waals surface area contributed by atoms with E-state index in [0.717, 1.165) is 10.8 Å². The summed E-state index contributed by atoms with van der Waals surface area (Å²) in [6.45, 7) is 0. The lowest BCUT2D eigenvalue weighted by Gasteiger charge is -2.14. The number of aliphatic hydroxyl groups excluding tert-OH is 1.